The van der Waals surface area contributed by atoms with Crippen molar-refractivity contribution in [3.63, 3.8) is 0 Å². The lowest BCUT2D eigenvalue weighted by Crippen LogP contribution is -2.42. The highest BCUT2D eigenvalue weighted by Gasteiger charge is 2.21. The number of fused-ring (bicyclic) bond motifs is 1. The fourth-order valence-corrected chi connectivity index (χ4v) is 3.99. The average molecular weight is 441 g/mol. The molecule has 2 rings (SSSR count). The molecule has 1 aromatic heterocycles. The molecule has 176 valence electrons. The summed E-state index contributed by atoms with van der Waals surface area (Å²) >= 11 is 0. The Labute approximate surface area is 192 Å². The van der Waals surface area contributed by atoms with Crippen LogP contribution >= 0.6 is 0 Å². The van der Waals surface area contributed by atoms with Crippen molar-refractivity contribution in [1.82, 2.24) is 10.3 Å². The third-order valence-corrected chi connectivity index (χ3v) is 5.90. The summed E-state index contributed by atoms with van der Waals surface area (Å²) in [7, 11) is 0. The Bertz CT molecular complexity index is 840. The highest BCUT2D eigenvalue weighted by atomic mass is 16.4. The molecule has 0 fully saturated rings. The minimum atomic E-state index is -0.999. The van der Waals surface area contributed by atoms with E-state index in [1.165, 1.54) is 38.5 Å². The highest BCUT2D eigenvalue weighted by Crippen LogP contribution is 2.19. The van der Waals surface area contributed by atoms with Gasteiger partial charge in [0.2, 0.25) is 5.91 Å². The molecule has 0 radical (unpaired) electrons. The number of nitrogens with one attached hydrogen (secondary N) is 2. The van der Waals surface area contributed by atoms with E-state index in [9.17, 15) is 14.7 Å². The number of aliphatic carboxylic acids is 1. The van der Waals surface area contributed by atoms with E-state index in [-0.39, 0.29) is 12.3 Å². The van der Waals surface area contributed by atoms with Crippen LogP contribution in [0.4, 0.5) is 0 Å². The lowest BCUT2D eigenvalue weighted by molar-refractivity contribution is -0.141. The van der Waals surface area contributed by atoms with Gasteiger partial charge >= 0.3 is 5.97 Å². The van der Waals surface area contributed by atoms with E-state index < -0.39 is 12.0 Å². The second-order valence-electron chi connectivity index (χ2n) is 8.65. The van der Waals surface area contributed by atoms with Crippen LogP contribution in [0.25, 0.3) is 10.9 Å². The van der Waals surface area contributed by atoms with E-state index in [0.717, 1.165) is 48.6 Å². The molecule has 2 aromatic rings. The molecule has 0 bridgehead atoms. The molecule has 0 aliphatic carbocycles. The van der Waals surface area contributed by atoms with Gasteiger partial charge in [0.1, 0.15) is 6.04 Å². The lowest BCUT2D eigenvalue weighted by Gasteiger charge is -2.14. The number of aromatic nitrogens is 1. The zero-order valence-electron chi connectivity index (χ0n) is 19.6. The van der Waals surface area contributed by atoms with Crippen LogP contribution in [0, 0.1) is 0 Å². The predicted molar refractivity (Wildman–Crippen MR) is 132 cm³/mol. The first kappa shape index (κ1) is 25.7. The lowest BCUT2D eigenvalue weighted by atomic mass is 10.0. The summed E-state index contributed by atoms with van der Waals surface area (Å²) in [4.78, 5) is 27.1. The summed E-state index contributed by atoms with van der Waals surface area (Å²) < 4.78 is 0. The number of H-pyrrole nitrogens is 1. The molecule has 1 heterocycles. The van der Waals surface area contributed by atoms with Crippen molar-refractivity contribution in [2.24, 2.45) is 0 Å². The fourth-order valence-electron chi connectivity index (χ4n) is 3.99. The quantitative estimate of drug-likeness (QED) is 0.193. The number of carboxylic acids is 1. The molecule has 0 aliphatic heterocycles. The zero-order valence-corrected chi connectivity index (χ0v) is 19.6. The topological polar surface area (TPSA) is 82.2 Å². The van der Waals surface area contributed by atoms with Gasteiger partial charge in [0.25, 0.3) is 0 Å². The SMILES string of the molecule is CCCCCCC/C=C/CCCCCCC(=O)N[C@@H](Cc1c[nH]c2ccccc12)C(=O)O. The van der Waals surface area contributed by atoms with E-state index in [4.69, 9.17) is 0 Å². The third kappa shape index (κ3) is 9.71. The van der Waals surface area contributed by atoms with E-state index >= 15 is 0 Å². The van der Waals surface area contributed by atoms with Crippen molar-refractivity contribution in [2.45, 2.75) is 96.4 Å². The van der Waals surface area contributed by atoms with E-state index in [1.807, 2.05) is 30.5 Å². The number of para-hydroxylation sites is 1. The van der Waals surface area contributed by atoms with Crippen LogP contribution in [0.3, 0.4) is 0 Å². The van der Waals surface area contributed by atoms with Crippen molar-refractivity contribution in [3.05, 3.63) is 48.2 Å². The molecule has 1 atom stereocenters. The van der Waals surface area contributed by atoms with Crippen LogP contribution in [0.15, 0.2) is 42.6 Å². The molecular formula is C27H40N2O3. The second kappa shape index (κ2) is 15.3. The first-order valence-electron chi connectivity index (χ1n) is 12.3. The van der Waals surface area contributed by atoms with Crippen molar-refractivity contribution in [1.29, 1.82) is 0 Å². The molecule has 1 amide bonds. The average Bonchev–Trinajstić information content (AvgIpc) is 3.19. The predicted octanol–water partition coefficient (Wildman–Crippen LogP) is 6.54. The largest absolute Gasteiger partial charge is 0.480 e. The number of hydrogen-bond donors (Lipinski definition) is 3. The Morgan fingerprint density at radius 3 is 2.31 bits per heavy atom. The van der Waals surface area contributed by atoms with E-state index in [2.05, 4.69) is 29.4 Å². The van der Waals surface area contributed by atoms with Gasteiger partial charge < -0.3 is 15.4 Å². The molecule has 5 heteroatoms. The first-order valence-corrected chi connectivity index (χ1v) is 12.3. The van der Waals surface area contributed by atoms with Gasteiger partial charge in [0.15, 0.2) is 0 Å². The van der Waals surface area contributed by atoms with Crippen molar-refractivity contribution in [3.8, 4) is 0 Å². The molecule has 0 spiro atoms. The Balaban J connectivity index is 1.57. The number of rotatable bonds is 17. The number of allylic oxidation sites excluding steroid dienone is 2. The molecule has 3 N–H and O–H groups in total. The maximum Gasteiger partial charge on any atom is 0.326 e. The van der Waals surface area contributed by atoms with E-state index in [0.29, 0.717) is 6.42 Å². The number of hydrogen-bond acceptors (Lipinski definition) is 2. The molecule has 1 aromatic carbocycles. The van der Waals surface area contributed by atoms with Gasteiger partial charge in [-0.2, -0.15) is 0 Å². The summed E-state index contributed by atoms with van der Waals surface area (Å²) in [5.41, 5.74) is 1.88. The number of unbranched alkanes of at least 4 members (excludes halogenated alkanes) is 9. The number of carbonyl (C=O) groups is 2. The molecule has 0 saturated carbocycles. The number of amides is 1. The Kier molecular flexibility index (Phi) is 12.3. The number of carbonyl (C=O) groups excluding carboxylic acids is 1. The van der Waals surface area contributed by atoms with Gasteiger partial charge in [-0.1, -0.05) is 75.8 Å². The monoisotopic (exact) mass is 440 g/mol. The van der Waals surface area contributed by atoms with Gasteiger partial charge in [-0.05, 0) is 43.7 Å². The summed E-state index contributed by atoms with van der Waals surface area (Å²) in [6.07, 6.45) is 20.0. The van der Waals surface area contributed by atoms with Crippen LogP contribution in [0.2, 0.25) is 0 Å². The number of aromatic amines is 1. The number of benzene rings is 1. The van der Waals surface area contributed by atoms with Gasteiger partial charge in [-0.15, -0.1) is 0 Å². The molecule has 0 aliphatic rings. The first-order chi connectivity index (χ1) is 15.6. The standard InChI is InChI=1S/C27H40N2O3/c1-2-3-4-5-6-7-8-9-10-11-12-13-14-19-26(30)29-25(27(31)32)20-22-21-28-24-18-16-15-17-23(22)24/h8-9,15-18,21,25,28H,2-7,10-14,19-20H2,1H3,(H,29,30)(H,31,32)/b9-8+/t25-/m0/s1. The molecule has 0 saturated heterocycles. The zero-order chi connectivity index (χ0) is 23.0. The smallest absolute Gasteiger partial charge is 0.326 e. The molecule has 5 nitrogen and oxygen atoms in total. The second-order valence-corrected chi connectivity index (χ2v) is 8.65. The Morgan fingerprint density at radius 2 is 1.62 bits per heavy atom. The maximum absolute atomic E-state index is 12.3. The highest BCUT2D eigenvalue weighted by molar-refractivity contribution is 5.86. The van der Waals surface area contributed by atoms with Gasteiger partial charge in [-0.3, -0.25) is 4.79 Å². The summed E-state index contributed by atoms with van der Waals surface area (Å²) in [5.74, 6) is -1.18. The van der Waals surface area contributed by atoms with Crippen molar-refractivity contribution >= 4 is 22.8 Å². The van der Waals surface area contributed by atoms with Crippen LogP contribution in [0.5, 0.6) is 0 Å². The normalized spacial score (nSPS) is 12.4. The van der Waals surface area contributed by atoms with Gasteiger partial charge in [-0.25, -0.2) is 4.79 Å². The van der Waals surface area contributed by atoms with Crippen molar-refractivity contribution < 1.29 is 14.7 Å². The van der Waals surface area contributed by atoms with Crippen molar-refractivity contribution in [2.75, 3.05) is 0 Å². The van der Waals surface area contributed by atoms with Crippen LogP contribution < -0.4 is 5.32 Å². The summed E-state index contributed by atoms with van der Waals surface area (Å²) in [6, 6.07) is 6.87. The Morgan fingerprint density at radius 1 is 0.969 bits per heavy atom. The van der Waals surface area contributed by atoms with Gasteiger partial charge in [0.05, 0.1) is 0 Å². The molecular weight excluding hydrogens is 400 g/mol. The third-order valence-electron chi connectivity index (χ3n) is 5.90. The maximum atomic E-state index is 12.3. The van der Waals surface area contributed by atoms with Crippen LogP contribution in [0.1, 0.15) is 89.5 Å². The van der Waals surface area contributed by atoms with E-state index in [1.54, 1.807) is 0 Å². The number of carboxylic acid groups (broad SMARTS) is 1. The van der Waals surface area contributed by atoms with Crippen LogP contribution in [-0.2, 0) is 16.0 Å². The molecule has 0 unspecified atom stereocenters. The fraction of sp³-hybridized carbons (Fsp3) is 0.556. The molecule has 32 heavy (non-hydrogen) atoms. The van der Waals surface area contributed by atoms with Crippen LogP contribution in [-0.4, -0.2) is 28.0 Å². The van der Waals surface area contributed by atoms with Gasteiger partial charge in [0, 0.05) is 29.9 Å². The minimum absolute atomic E-state index is 0.180. The summed E-state index contributed by atoms with van der Waals surface area (Å²) in [5, 5.41) is 13.2. The minimum Gasteiger partial charge on any atom is -0.480 e. The summed E-state index contributed by atoms with van der Waals surface area (Å²) in [6.45, 7) is 2.24. The Hall–Kier alpha value is -2.56.